The van der Waals surface area contributed by atoms with Gasteiger partial charge in [-0.2, -0.15) is 0 Å². The van der Waals surface area contributed by atoms with Crippen molar-refractivity contribution in [3.8, 4) is 0 Å². The Morgan fingerprint density at radius 2 is 1.55 bits per heavy atom. The molecule has 0 bridgehead atoms. The zero-order valence-electron chi connectivity index (χ0n) is 19.4. The Balaban J connectivity index is 2.11. The first-order valence-electron chi connectivity index (χ1n) is 10.5. The number of carbonyl (C=O) groups excluding carboxylic acids is 2. The summed E-state index contributed by atoms with van der Waals surface area (Å²) in [6.45, 7) is 2.80. The summed E-state index contributed by atoms with van der Waals surface area (Å²) in [5, 5.41) is 11.1. The predicted molar refractivity (Wildman–Crippen MR) is 126 cm³/mol. The standard InChI is InChI=1S/C24H29N3O5S/c1-16-6-8-17(9-7-16)21-20(23(29)24(30)27(21)15-14-25(2)3)22(28)18-10-12-19(13-11-18)33(31,32)26(4)5/h6-13,21,28H,14-15H2,1-5H3/t21-/m1/s1. The quantitative estimate of drug-likeness (QED) is 0.378. The molecule has 0 spiro atoms. The molecule has 0 aliphatic carbocycles. The van der Waals surface area contributed by atoms with Crippen molar-refractivity contribution in [3.05, 3.63) is 70.8 Å². The molecule has 0 saturated carbocycles. The second-order valence-corrected chi connectivity index (χ2v) is 10.7. The Morgan fingerprint density at radius 3 is 2.06 bits per heavy atom. The van der Waals surface area contributed by atoms with Crippen molar-refractivity contribution in [1.29, 1.82) is 0 Å². The molecule has 9 heteroatoms. The summed E-state index contributed by atoms with van der Waals surface area (Å²) in [4.78, 5) is 29.4. The highest BCUT2D eigenvalue weighted by molar-refractivity contribution is 7.89. The van der Waals surface area contributed by atoms with E-state index < -0.39 is 27.8 Å². The number of aliphatic hydroxyl groups is 1. The van der Waals surface area contributed by atoms with Crippen LogP contribution in [0.5, 0.6) is 0 Å². The zero-order chi connectivity index (χ0) is 24.5. The summed E-state index contributed by atoms with van der Waals surface area (Å²) < 4.78 is 25.8. The number of nitrogens with zero attached hydrogens (tertiary/aromatic N) is 3. The van der Waals surface area contributed by atoms with E-state index in [0.29, 0.717) is 18.7 Å². The van der Waals surface area contributed by atoms with Crippen LogP contribution in [0.15, 0.2) is 59.0 Å². The third kappa shape index (κ3) is 4.85. The number of likely N-dealkylation sites (N-methyl/N-ethyl adjacent to an activating group) is 1. The highest BCUT2D eigenvalue weighted by Gasteiger charge is 2.45. The molecule has 0 unspecified atom stereocenters. The van der Waals surface area contributed by atoms with Crippen molar-refractivity contribution in [1.82, 2.24) is 14.1 Å². The van der Waals surface area contributed by atoms with E-state index in [1.54, 1.807) is 0 Å². The molecule has 1 aliphatic heterocycles. The number of sulfonamides is 1. The molecule has 2 aromatic rings. The van der Waals surface area contributed by atoms with E-state index >= 15 is 0 Å². The van der Waals surface area contributed by atoms with Gasteiger partial charge < -0.3 is 14.9 Å². The summed E-state index contributed by atoms with van der Waals surface area (Å²) in [6.07, 6.45) is 0. The first kappa shape index (κ1) is 24.6. The van der Waals surface area contributed by atoms with Gasteiger partial charge in [-0.15, -0.1) is 0 Å². The van der Waals surface area contributed by atoms with Crippen molar-refractivity contribution < 1.29 is 23.1 Å². The largest absolute Gasteiger partial charge is 0.507 e. The molecule has 1 saturated heterocycles. The molecular weight excluding hydrogens is 442 g/mol. The normalized spacial score (nSPS) is 18.5. The number of aryl methyl sites for hydroxylation is 1. The van der Waals surface area contributed by atoms with Crippen LogP contribution in [0.4, 0.5) is 0 Å². The number of ketones is 1. The van der Waals surface area contributed by atoms with Crippen LogP contribution < -0.4 is 0 Å². The zero-order valence-corrected chi connectivity index (χ0v) is 20.3. The SMILES string of the molecule is Cc1ccc([C@@H]2C(=C(O)c3ccc(S(=O)(=O)N(C)C)cc3)C(=O)C(=O)N2CCN(C)C)cc1. The number of hydrogen-bond donors (Lipinski definition) is 1. The van der Waals surface area contributed by atoms with E-state index in [2.05, 4.69) is 0 Å². The minimum absolute atomic E-state index is 0.00849. The molecule has 1 fully saturated rings. The second-order valence-electron chi connectivity index (χ2n) is 8.52. The molecule has 2 aromatic carbocycles. The van der Waals surface area contributed by atoms with E-state index in [1.807, 2.05) is 50.2 Å². The fourth-order valence-electron chi connectivity index (χ4n) is 3.66. The summed E-state index contributed by atoms with van der Waals surface area (Å²) >= 11 is 0. The molecule has 1 atom stereocenters. The van der Waals surface area contributed by atoms with Gasteiger partial charge in [0, 0.05) is 32.7 Å². The number of aliphatic hydroxyl groups excluding tert-OH is 1. The number of benzene rings is 2. The van der Waals surface area contributed by atoms with Gasteiger partial charge in [0.1, 0.15) is 5.76 Å². The molecular formula is C24H29N3O5S. The topological polar surface area (TPSA) is 98.2 Å². The lowest BCUT2D eigenvalue weighted by molar-refractivity contribution is -0.140. The minimum Gasteiger partial charge on any atom is -0.507 e. The fraction of sp³-hybridized carbons (Fsp3) is 0.333. The molecule has 1 heterocycles. The first-order valence-corrected chi connectivity index (χ1v) is 11.9. The van der Waals surface area contributed by atoms with E-state index in [0.717, 1.165) is 9.87 Å². The molecule has 1 aliphatic rings. The molecule has 3 rings (SSSR count). The van der Waals surface area contributed by atoms with E-state index in [-0.39, 0.29) is 21.8 Å². The number of likely N-dealkylation sites (tertiary alicyclic amines) is 1. The monoisotopic (exact) mass is 471 g/mol. The van der Waals surface area contributed by atoms with E-state index in [4.69, 9.17) is 0 Å². The van der Waals surface area contributed by atoms with Gasteiger partial charge in [0.25, 0.3) is 11.7 Å². The average Bonchev–Trinajstić information content (AvgIpc) is 3.02. The molecule has 176 valence electrons. The molecule has 0 aromatic heterocycles. The van der Waals surface area contributed by atoms with E-state index in [9.17, 15) is 23.1 Å². The van der Waals surface area contributed by atoms with Gasteiger partial charge >= 0.3 is 0 Å². The van der Waals surface area contributed by atoms with Crippen molar-refractivity contribution in [3.63, 3.8) is 0 Å². The third-order valence-corrected chi connectivity index (χ3v) is 7.46. The second kappa shape index (κ2) is 9.46. The van der Waals surface area contributed by atoms with Gasteiger partial charge in [-0.25, -0.2) is 12.7 Å². The van der Waals surface area contributed by atoms with Crippen LogP contribution in [0.2, 0.25) is 0 Å². The first-order chi connectivity index (χ1) is 15.4. The smallest absolute Gasteiger partial charge is 0.295 e. The van der Waals surface area contributed by atoms with Crippen molar-refractivity contribution in [2.24, 2.45) is 0 Å². The third-order valence-electron chi connectivity index (χ3n) is 5.63. The summed E-state index contributed by atoms with van der Waals surface area (Å²) in [5.74, 6) is -1.77. The van der Waals surface area contributed by atoms with Crippen LogP contribution in [-0.4, -0.2) is 80.6 Å². The summed E-state index contributed by atoms with van der Waals surface area (Å²) in [5.41, 5.74) is 2.00. The Kier molecular flexibility index (Phi) is 7.06. The number of amides is 1. The highest BCUT2D eigenvalue weighted by Crippen LogP contribution is 2.39. The number of Topliss-reactive ketones (excluding diaryl/α,β-unsaturated/α-hetero) is 1. The number of hydrogen-bond acceptors (Lipinski definition) is 6. The Labute approximate surface area is 194 Å². The van der Waals surface area contributed by atoms with Gasteiger partial charge in [-0.1, -0.05) is 29.8 Å². The molecule has 8 nitrogen and oxygen atoms in total. The summed E-state index contributed by atoms with van der Waals surface area (Å²) in [7, 11) is 2.97. The lowest BCUT2D eigenvalue weighted by Gasteiger charge is -2.26. The maximum Gasteiger partial charge on any atom is 0.295 e. The predicted octanol–water partition coefficient (Wildman–Crippen LogP) is 2.23. The molecule has 33 heavy (non-hydrogen) atoms. The van der Waals surface area contributed by atoms with Crippen LogP contribution in [0.25, 0.3) is 5.76 Å². The van der Waals surface area contributed by atoms with Gasteiger partial charge in [-0.05, 0) is 50.8 Å². The van der Waals surface area contributed by atoms with Crippen LogP contribution in [0.3, 0.4) is 0 Å². The summed E-state index contributed by atoms with van der Waals surface area (Å²) in [6, 6.07) is 12.3. The average molecular weight is 472 g/mol. The van der Waals surface area contributed by atoms with E-state index in [1.165, 1.54) is 43.3 Å². The van der Waals surface area contributed by atoms with Gasteiger partial charge in [0.2, 0.25) is 10.0 Å². The number of rotatable bonds is 7. The molecule has 1 amide bonds. The van der Waals surface area contributed by atoms with Crippen LogP contribution in [0, 0.1) is 6.92 Å². The van der Waals surface area contributed by atoms with Crippen LogP contribution in [-0.2, 0) is 19.6 Å². The van der Waals surface area contributed by atoms with Gasteiger partial charge in [-0.3, -0.25) is 9.59 Å². The van der Waals surface area contributed by atoms with Crippen molar-refractivity contribution in [2.75, 3.05) is 41.3 Å². The minimum atomic E-state index is -3.64. The van der Waals surface area contributed by atoms with Crippen molar-refractivity contribution in [2.45, 2.75) is 17.9 Å². The highest BCUT2D eigenvalue weighted by atomic mass is 32.2. The van der Waals surface area contributed by atoms with Gasteiger partial charge in [0.05, 0.1) is 16.5 Å². The van der Waals surface area contributed by atoms with Crippen molar-refractivity contribution >= 4 is 27.5 Å². The van der Waals surface area contributed by atoms with Gasteiger partial charge in [0.15, 0.2) is 0 Å². The Bertz CT molecular complexity index is 1180. The van der Waals surface area contributed by atoms with Crippen LogP contribution in [0.1, 0.15) is 22.7 Å². The molecule has 1 N–H and O–H groups in total. The van der Waals surface area contributed by atoms with Crippen LogP contribution >= 0.6 is 0 Å². The lowest BCUT2D eigenvalue weighted by atomic mass is 9.95. The fourth-order valence-corrected chi connectivity index (χ4v) is 4.57. The number of carbonyl (C=O) groups is 2. The lowest BCUT2D eigenvalue weighted by Crippen LogP contribution is -2.35. The maximum absolute atomic E-state index is 13.0. The molecule has 0 radical (unpaired) electrons. The maximum atomic E-state index is 13.0. The Hall–Kier alpha value is -3.01. The Morgan fingerprint density at radius 1 is 0.970 bits per heavy atom.